The van der Waals surface area contributed by atoms with Crippen LogP contribution in [0.2, 0.25) is 0 Å². The predicted octanol–water partition coefficient (Wildman–Crippen LogP) is 3.17. The average Bonchev–Trinajstić information content (AvgIpc) is 2.58. The highest BCUT2D eigenvalue weighted by molar-refractivity contribution is 4.92. The molecule has 0 N–H and O–H groups in total. The Bertz CT molecular complexity index is 414. The molecule has 4 nitrogen and oxygen atoms in total. The fraction of sp³-hybridized carbons (Fsp3) is 1.00. The van der Waals surface area contributed by atoms with Crippen molar-refractivity contribution in [1.29, 1.82) is 0 Å². The van der Waals surface area contributed by atoms with Gasteiger partial charge in [0.2, 0.25) is 0 Å². The topological polar surface area (TPSA) is 19.0 Å². The van der Waals surface area contributed by atoms with Gasteiger partial charge in [0.1, 0.15) is 0 Å². The van der Waals surface area contributed by atoms with Gasteiger partial charge in [0.25, 0.3) is 0 Å². The molecule has 0 amide bonds. The van der Waals surface area contributed by atoms with Gasteiger partial charge < -0.3 is 14.5 Å². The van der Waals surface area contributed by atoms with E-state index in [4.69, 9.17) is 4.74 Å². The normalized spacial score (nSPS) is 33.1. The van der Waals surface area contributed by atoms with E-state index in [-0.39, 0.29) is 0 Å². The van der Waals surface area contributed by atoms with E-state index in [1.807, 2.05) is 7.11 Å². The minimum absolute atomic E-state index is 0.593. The van der Waals surface area contributed by atoms with Crippen molar-refractivity contribution in [1.82, 2.24) is 14.7 Å². The van der Waals surface area contributed by atoms with Gasteiger partial charge in [0.05, 0.1) is 6.61 Å². The third-order valence-corrected chi connectivity index (χ3v) is 7.36. The van der Waals surface area contributed by atoms with Crippen LogP contribution in [0.1, 0.15) is 53.4 Å². The van der Waals surface area contributed by atoms with Crippen LogP contribution in [0.3, 0.4) is 0 Å². The lowest BCUT2D eigenvalue weighted by Crippen LogP contribution is -2.61. The zero-order chi connectivity index (χ0) is 18.7. The molecule has 0 aromatic heterocycles. The molecule has 2 heterocycles. The summed E-state index contributed by atoms with van der Waals surface area (Å²) in [4.78, 5) is 8.14. The van der Waals surface area contributed by atoms with E-state index in [0.717, 1.165) is 30.4 Å². The molecule has 3 fully saturated rings. The molecule has 2 saturated heterocycles. The van der Waals surface area contributed by atoms with Crippen LogP contribution in [0.4, 0.5) is 0 Å². The van der Waals surface area contributed by atoms with Crippen molar-refractivity contribution in [3.8, 4) is 0 Å². The zero-order valence-electron chi connectivity index (χ0n) is 18.0. The van der Waals surface area contributed by atoms with Crippen LogP contribution >= 0.6 is 0 Å². The van der Waals surface area contributed by atoms with Crippen molar-refractivity contribution in [2.24, 2.45) is 17.8 Å². The summed E-state index contributed by atoms with van der Waals surface area (Å²) in [5, 5.41) is 0. The van der Waals surface area contributed by atoms with E-state index in [2.05, 4.69) is 42.4 Å². The maximum absolute atomic E-state index is 5.63. The van der Waals surface area contributed by atoms with Gasteiger partial charge in [-0.1, -0.05) is 13.8 Å². The van der Waals surface area contributed by atoms with E-state index in [1.165, 1.54) is 65.0 Å². The molecule has 0 unspecified atom stereocenters. The average molecular weight is 366 g/mol. The number of likely N-dealkylation sites (tertiary alicyclic amines) is 1. The highest BCUT2D eigenvalue weighted by Crippen LogP contribution is 2.34. The van der Waals surface area contributed by atoms with Crippen LogP contribution in [0.15, 0.2) is 0 Å². The summed E-state index contributed by atoms with van der Waals surface area (Å²) in [7, 11) is 1.87. The summed E-state index contributed by atoms with van der Waals surface area (Å²) in [6.45, 7) is 17.9. The van der Waals surface area contributed by atoms with E-state index < -0.39 is 0 Å². The lowest BCUT2D eigenvalue weighted by atomic mass is 9.79. The molecule has 0 radical (unpaired) electrons. The number of hydrogen-bond acceptors (Lipinski definition) is 4. The number of hydrogen-bond donors (Lipinski definition) is 0. The largest absolute Gasteiger partial charge is 0.383 e. The van der Waals surface area contributed by atoms with E-state index in [1.54, 1.807) is 0 Å². The van der Waals surface area contributed by atoms with Gasteiger partial charge in [-0.15, -0.1) is 0 Å². The maximum atomic E-state index is 5.63. The number of rotatable bonds is 7. The highest BCUT2D eigenvalue weighted by atomic mass is 16.5. The molecule has 0 aromatic rings. The van der Waals surface area contributed by atoms with Crippen molar-refractivity contribution in [2.45, 2.75) is 71.5 Å². The lowest BCUT2D eigenvalue weighted by Gasteiger charge is -2.49. The van der Waals surface area contributed by atoms with Gasteiger partial charge in [-0.05, 0) is 57.3 Å². The molecule has 3 aliphatic rings. The first-order valence-corrected chi connectivity index (χ1v) is 11.2. The Morgan fingerprint density at radius 3 is 2.19 bits per heavy atom. The highest BCUT2D eigenvalue weighted by Gasteiger charge is 2.36. The first kappa shape index (κ1) is 20.6. The molecule has 4 heteroatoms. The minimum Gasteiger partial charge on any atom is -0.383 e. The summed E-state index contributed by atoms with van der Waals surface area (Å²) in [5.41, 5.74) is 0. The summed E-state index contributed by atoms with van der Waals surface area (Å²) >= 11 is 0. The van der Waals surface area contributed by atoms with Crippen LogP contribution in [-0.4, -0.2) is 85.8 Å². The Morgan fingerprint density at radius 1 is 0.923 bits per heavy atom. The summed E-state index contributed by atoms with van der Waals surface area (Å²) in [5.74, 6) is 2.69. The van der Waals surface area contributed by atoms with Crippen LogP contribution in [-0.2, 0) is 4.74 Å². The first-order valence-electron chi connectivity index (χ1n) is 11.2. The Labute approximate surface area is 162 Å². The Hall–Kier alpha value is -0.160. The van der Waals surface area contributed by atoms with E-state index in [0.29, 0.717) is 12.1 Å². The van der Waals surface area contributed by atoms with Crippen molar-refractivity contribution in [3.63, 3.8) is 0 Å². The molecule has 1 aliphatic carbocycles. The van der Waals surface area contributed by atoms with E-state index in [9.17, 15) is 0 Å². The zero-order valence-corrected chi connectivity index (χ0v) is 18.0. The van der Waals surface area contributed by atoms with Crippen molar-refractivity contribution in [3.05, 3.63) is 0 Å². The molecule has 0 spiro atoms. The molecule has 2 aliphatic heterocycles. The molecule has 0 bridgehead atoms. The second kappa shape index (κ2) is 9.36. The monoisotopic (exact) mass is 365 g/mol. The fourth-order valence-corrected chi connectivity index (χ4v) is 5.53. The molecule has 1 saturated carbocycles. The third-order valence-electron chi connectivity index (χ3n) is 7.36. The molecule has 3 rings (SSSR count). The molecular formula is C22H43N3O. The Morgan fingerprint density at radius 2 is 1.62 bits per heavy atom. The number of piperazine rings is 1. The lowest BCUT2D eigenvalue weighted by molar-refractivity contribution is -0.0308. The quantitative estimate of drug-likeness (QED) is 0.690. The second-order valence-electron chi connectivity index (χ2n) is 9.83. The standard InChI is InChI=1S/C22H43N3O/c1-17(2)20-6-8-21(9-7-20)25-11-10-23(15-22(25)16-26-5)12-19-13-24(14-19)18(3)4/h17-22H,6-16H2,1-5H3/t20?,21?,22-/m0/s1. The molecule has 0 aromatic carbocycles. The van der Waals surface area contributed by atoms with Crippen LogP contribution in [0.5, 0.6) is 0 Å². The number of ether oxygens (including phenoxy) is 1. The van der Waals surface area contributed by atoms with Gasteiger partial charge in [0, 0.05) is 64.5 Å². The van der Waals surface area contributed by atoms with Gasteiger partial charge in [-0.25, -0.2) is 0 Å². The number of nitrogens with zero attached hydrogens (tertiary/aromatic N) is 3. The first-order chi connectivity index (χ1) is 12.5. The predicted molar refractivity (Wildman–Crippen MR) is 110 cm³/mol. The van der Waals surface area contributed by atoms with Gasteiger partial charge in [-0.3, -0.25) is 4.90 Å². The Kier molecular flexibility index (Phi) is 7.40. The van der Waals surface area contributed by atoms with Crippen molar-refractivity contribution in [2.75, 3.05) is 53.0 Å². The van der Waals surface area contributed by atoms with Gasteiger partial charge in [0.15, 0.2) is 0 Å². The molecular weight excluding hydrogens is 322 g/mol. The maximum Gasteiger partial charge on any atom is 0.0630 e. The van der Waals surface area contributed by atoms with Crippen LogP contribution < -0.4 is 0 Å². The SMILES string of the molecule is COC[C@@H]1CN(CC2CN(C(C)C)C2)CCN1C1CCC(C(C)C)CC1. The van der Waals surface area contributed by atoms with Crippen molar-refractivity contribution >= 4 is 0 Å². The fourth-order valence-electron chi connectivity index (χ4n) is 5.53. The number of methoxy groups -OCH3 is 1. The van der Waals surface area contributed by atoms with Crippen molar-refractivity contribution < 1.29 is 4.74 Å². The smallest absolute Gasteiger partial charge is 0.0630 e. The molecule has 152 valence electrons. The van der Waals surface area contributed by atoms with Crippen LogP contribution in [0, 0.1) is 17.8 Å². The second-order valence-corrected chi connectivity index (χ2v) is 9.83. The van der Waals surface area contributed by atoms with E-state index >= 15 is 0 Å². The third kappa shape index (κ3) is 5.01. The minimum atomic E-state index is 0.593. The molecule has 26 heavy (non-hydrogen) atoms. The van der Waals surface area contributed by atoms with Gasteiger partial charge >= 0.3 is 0 Å². The van der Waals surface area contributed by atoms with Gasteiger partial charge in [-0.2, -0.15) is 0 Å². The Balaban J connectivity index is 1.47. The summed E-state index contributed by atoms with van der Waals surface area (Å²) < 4.78 is 5.63. The summed E-state index contributed by atoms with van der Waals surface area (Å²) in [6.07, 6.45) is 5.65. The summed E-state index contributed by atoms with van der Waals surface area (Å²) in [6, 6.07) is 2.10. The van der Waals surface area contributed by atoms with Crippen LogP contribution in [0.25, 0.3) is 0 Å². The molecule has 1 atom stereocenters.